The third-order valence-corrected chi connectivity index (χ3v) is 10.1. The molecule has 2 fully saturated rings. The number of aliphatic hydroxyl groups is 1. The minimum atomic E-state index is -1.32. The Labute approximate surface area is 215 Å². The van der Waals surface area contributed by atoms with Crippen LogP contribution in [0.15, 0.2) is 34.9 Å². The summed E-state index contributed by atoms with van der Waals surface area (Å²) in [6, 6.07) is 0. The second-order valence-corrected chi connectivity index (χ2v) is 11.5. The molecule has 0 amide bonds. The lowest BCUT2D eigenvalue weighted by Gasteiger charge is -2.61. The third-order valence-electron chi connectivity index (χ3n) is 10.1. The van der Waals surface area contributed by atoms with Gasteiger partial charge in [-0.25, -0.2) is 4.79 Å². The predicted octanol–water partition coefficient (Wildman–Crippen LogP) is 2.07. The largest absolute Gasteiger partial charge is 0.469 e. The van der Waals surface area contributed by atoms with Crippen molar-refractivity contribution in [2.75, 3.05) is 20.8 Å². The molecule has 5 aliphatic rings. The van der Waals surface area contributed by atoms with Crippen LogP contribution in [0.5, 0.6) is 0 Å². The Kier molecular flexibility index (Phi) is 5.84. The van der Waals surface area contributed by atoms with Crippen molar-refractivity contribution < 1.29 is 43.2 Å². The fourth-order valence-corrected chi connectivity index (χ4v) is 8.45. The Balaban J connectivity index is 1.72. The fourth-order valence-electron chi connectivity index (χ4n) is 8.45. The van der Waals surface area contributed by atoms with Crippen LogP contribution in [-0.4, -0.2) is 67.9 Å². The highest BCUT2D eigenvalue weighted by atomic mass is 16.5. The summed E-state index contributed by atoms with van der Waals surface area (Å²) >= 11 is 0. The van der Waals surface area contributed by atoms with E-state index in [1.54, 1.807) is 19.9 Å². The Morgan fingerprint density at radius 1 is 1.14 bits per heavy atom. The number of ether oxygens (including phenoxy) is 4. The second kappa shape index (κ2) is 8.36. The highest BCUT2D eigenvalue weighted by Gasteiger charge is 2.74. The molecule has 0 spiro atoms. The highest BCUT2D eigenvalue weighted by molar-refractivity contribution is 5.99. The van der Waals surface area contributed by atoms with E-state index in [0.717, 1.165) is 11.1 Å². The smallest absolute Gasteiger partial charge is 0.334 e. The first-order valence-electron chi connectivity index (χ1n) is 12.7. The Bertz CT molecular complexity index is 1180. The van der Waals surface area contributed by atoms with Crippen LogP contribution < -0.4 is 0 Å². The van der Waals surface area contributed by atoms with E-state index in [9.17, 15) is 24.3 Å². The van der Waals surface area contributed by atoms with Gasteiger partial charge in [0, 0.05) is 28.2 Å². The molecule has 0 aromatic rings. The topological polar surface area (TPSA) is 125 Å². The van der Waals surface area contributed by atoms with Crippen LogP contribution in [0, 0.1) is 34.0 Å². The number of carbonyl (C=O) groups is 4. The summed E-state index contributed by atoms with van der Waals surface area (Å²) in [7, 11) is 2.57. The van der Waals surface area contributed by atoms with Gasteiger partial charge < -0.3 is 24.1 Å². The van der Waals surface area contributed by atoms with Crippen molar-refractivity contribution in [2.24, 2.45) is 34.0 Å². The summed E-state index contributed by atoms with van der Waals surface area (Å²) < 4.78 is 21.9. The molecule has 0 radical (unpaired) electrons. The van der Waals surface area contributed by atoms with Crippen LogP contribution in [-0.2, 0) is 38.1 Å². The number of allylic oxidation sites excluding steroid dienone is 2. The van der Waals surface area contributed by atoms with Crippen molar-refractivity contribution in [1.29, 1.82) is 0 Å². The van der Waals surface area contributed by atoms with Crippen molar-refractivity contribution in [3.63, 3.8) is 0 Å². The molecule has 0 aromatic heterocycles. The van der Waals surface area contributed by atoms with Gasteiger partial charge in [0.25, 0.3) is 0 Å². The normalized spacial score (nSPS) is 44.1. The number of methoxy groups -OCH3 is 2. The molecule has 2 heterocycles. The Morgan fingerprint density at radius 3 is 2.43 bits per heavy atom. The maximum atomic E-state index is 13.8. The van der Waals surface area contributed by atoms with Crippen molar-refractivity contribution in [1.82, 2.24) is 0 Å². The van der Waals surface area contributed by atoms with E-state index in [-0.39, 0.29) is 30.7 Å². The van der Waals surface area contributed by atoms with E-state index in [2.05, 4.69) is 0 Å². The van der Waals surface area contributed by atoms with Gasteiger partial charge in [0.05, 0.1) is 44.4 Å². The first-order valence-corrected chi connectivity index (χ1v) is 12.7. The van der Waals surface area contributed by atoms with Gasteiger partial charge in [-0.15, -0.1) is 0 Å². The molecule has 200 valence electrons. The quantitative estimate of drug-likeness (QED) is 0.341. The molecule has 9 nitrogen and oxygen atoms in total. The van der Waals surface area contributed by atoms with E-state index in [0.29, 0.717) is 12.0 Å². The van der Waals surface area contributed by atoms with Crippen molar-refractivity contribution >= 4 is 23.7 Å². The average molecular weight is 515 g/mol. The van der Waals surface area contributed by atoms with Gasteiger partial charge in [0.2, 0.25) is 0 Å². The van der Waals surface area contributed by atoms with Gasteiger partial charge in [-0.1, -0.05) is 25.5 Å². The van der Waals surface area contributed by atoms with E-state index in [4.69, 9.17) is 18.9 Å². The number of fused-ring (bicyclic) bond motifs is 4. The summed E-state index contributed by atoms with van der Waals surface area (Å²) in [4.78, 5) is 52.1. The van der Waals surface area contributed by atoms with E-state index in [1.165, 1.54) is 26.4 Å². The fraction of sp³-hybridized carbons (Fsp3) is 0.643. The maximum Gasteiger partial charge on any atom is 0.334 e. The molecule has 9 heteroatoms. The number of carbonyl (C=O) groups excluding carboxylic acids is 4. The maximum absolute atomic E-state index is 13.8. The lowest BCUT2D eigenvalue weighted by Crippen LogP contribution is -2.69. The van der Waals surface area contributed by atoms with Gasteiger partial charge >= 0.3 is 17.9 Å². The SMILES string of the molecule is COC(=O)C[C@H]1[C@]2(C)C3=C(C)[C@H](C4=CCOC4=O)C[C@H]3O[C@@H]2[C@H](O)[C@@H]2[C@]1(C)C(=O)C=C[C@@]2(C)C(=O)OC. The zero-order chi connectivity index (χ0) is 27.1. The monoisotopic (exact) mass is 514 g/mol. The summed E-state index contributed by atoms with van der Waals surface area (Å²) in [6.07, 6.45) is 2.64. The zero-order valence-electron chi connectivity index (χ0n) is 22.0. The molecular formula is C28H34O9. The first-order chi connectivity index (χ1) is 17.4. The van der Waals surface area contributed by atoms with Crippen LogP contribution in [0.4, 0.5) is 0 Å². The minimum Gasteiger partial charge on any atom is -0.469 e. The van der Waals surface area contributed by atoms with E-state index in [1.807, 2.05) is 13.8 Å². The number of hydrogen-bond donors (Lipinski definition) is 1. The van der Waals surface area contributed by atoms with Crippen LogP contribution in [0.1, 0.15) is 40.5 Å². The highest BCUT2D eigenvalue weighted by Crippen LogP contribution is 2.69. The lowest BCUT2D eigenvalue weighted by atomic mass is 9.41. The molecule has 3 aliphatic carbocycles. The van der Waals surface area contributed by atoms with Crippen LogP contribution >= 0.6 is 0 Å². The summed E-state index contributed by atoms with van der Waals surface area (Å²) in [6.45, 7) is 7.49. The van der Waals surface area contributed by atoms with Gasteiger partial charge in [-0.2, -0.15) is 0 Å². The molecule has 1 saturated heterocycles. The predicted molar refractivity (Wildman–Crippen MR) is 129 cm³/mol. The molecule has 0 aromatic carbocycles. The van der Waals surface area contributed by atoms with Gasteiger partial charge in [-0.05, 0) is 43.9 Å². The number of ketones is 1. The number of aliphatic hydroxyl groups excluding tert-OH is 1. The van der Waals surface area contributed by atoms with Gasteiger partial charge in [-0.3, -0.25) is 14.4 Å². The molecule has 2 aliphatic heterocycles. The third kappa shape index (κ3) is 3.16. The molecule has 0 unspecified atom stereocenters. The molecule has 1 N–H and O–H groups in total. The van der Waals surface area contributed by atoms with E-state index < -0.39 is 58.3 Å². The summed E-state index contributed by atoms with van der Waals surface area (Å²) in [5, 5.41) is 11.9. The number of rotatable bonds is 4. The van der Waals surface area contributed by atoms with Crippen molar-refractivity contribution in [3.05, 3.63) is 34.9 Å². The number of esters is 3. The standard InChI is InChI=1S/C28H34O9/c1-13-15(14-8-10-36-24(14)32)11-16-20(13)28(4)17(12-19(30)34-5)27(3)18(29)7-9-26(2,25(33)35-6)22(27)21(31)23(28)37-16/h7-9,15-17,21-23,31H,10-12H2,1-6H3/t15-,16-,17-,21-,22+,23-,26-,27+,28-/m1/s1. The molecule has 0 bridgehead atoms. The van der Waals surface area contributed by atoms with Crippen LogP contribution in [0.2, 0.25) is 0 Å². The Morgan fingerprint density at radius 2 is 1.84 bits per heavy atom. The van der Waals surface area contributed by atoms with Crippen molar-refractivity contribution in [2.45, 2.75) is 58.8 Å². The minimum absolute atomic E-state index is 0.109. The lowest BCUT2D eigenvalue weighted by molar-refractivity contribution is -0.216. The number of cyclic esters (lactones) is 1. The molecule has 9 atom stereocenters. The Hall–Kier alpha value is -2.78. The van der Waals surface area contributed by atoms with Crippen molar-refractivity contribution in [3.8, 4) is 0 Å². The van der Waals surface area contributed by atoms with E-state index >= 15 is 0 Å². The van der Waals surface area contributed by atoms with Crippen LogP contribution in [0.3, 0.4) is 0 Å². The average Bonchev–Trinajstić information content (AvgIpc) is 3.52. The zero-order valence-corrected chi connectivity index (χ0v) is 22.0. The summed E-state index contributed by atoms with van der Waals surface area (Å²) in [5.41, 5.74) is -1.16. The molecule has 1 saturated carbocycles. The number of hydrogen-bond acceptors (Lipinski definition) is 9. The first kappa shape index (κ1) is 25.9. The molecular weight excluding hydrogens is 480 g/mol. The molecule has 37 heavy (non-hydrogen) atoms. The summed E-state index contributed by atoms with van der Waals surface area (Å²) in [5.74, 6) is -3.48. The van der Waals surface area contributed by atoms with Gasteiger partial charge in [0.1, 0.15) is 6.61 Å². The second-order valence-electron chi connectivity index (χ2n) is 11.5. The van der Waals surface area contributed by atoms with Gasteiger partial charge in [0.15, 0.2) is 5.78 Å². The molecule has 5 rings (SSSR count). The van der Waals surface area contributed by atoms with Crippen LogP contribution in [0.25, 0.3) is 0 Å².